The Morgan fingerprint density at radius 1 is 2.00 bits per heavy atom. The van der Waals surface area contributed by atoms with Gasteiger partial charge in [0.15, 0.2) is 0 Å². The van der Waals surface area contributed by atoms with E-state index in [-0.39, 0.29) is 0 Å². The van der Waals surface area contributed by atoms with Crippen LogP contribution >= 0.6 is 11.8 Å². The third-order valence-electron chi connectivity index (χ3n) is 0.637. The maximum atomic E-state index is 3.94. The molecule has 1 rings (SSSR count). The predicted octanol–water partition coefficient (Wildman–Crippen LogP) is 0.964. The van der Waals surface area contributed by atoms with Crippen molar-refractivity contribution in [2.75, 3.05) is 6.54 Å². The molecule has 6 heavy (non-hydrogen) atoms. The Bertz CT molecular complexity index is 61.9. The van der Waals surface area contributed by atoms with Gasteiger partial charge in [-0.3, -0.25) is 4.99 Å². The van der Waals surface area contributed by atoms with Crippen LogP contribution in [0.2, 0.25) is 0 Å². The van der Waals surface area contributed by atoms with Gasteiger partial charge in [0.05, 0.1) is 12.1 Å². The smallest absolute Gasteiger partial charge is 0.0544 e. The fraction of sp³-hybridized carbons (Fsp3) is 0.500. The van der Waals surface area contributed by atoms with Crippen molar-refractivity contribution in [3.05, 3.63) is 6.92 Å². The van der Waals surface area contributed by atoms with Crippen molar-refractivity contribution in [2.45, 2.75) is 5.25 Å². The van der Waals surface area contributed by atoms with E-state index in [9.17, 15) is 0 Å². The van der Waals surface area contributed by atoms with E-state index < -0.39 is 0 Å². The second-order valence-electron chi connectivity index (χ2n) is 1.23. The molecule has 0 aromatic rings. The Labute approximate surface area is 41.8 Å². The Hall–Kier alpha value is 0.0200. The van der Waals surface area contributed by atoms with E-state index in [1.54, 1.807) is 11.8 Å². The highest BCUT2D eigenvalue weighted by Gasteiger charge is 2.02. The molecule has 0 aromatic carbocycles. The molecule has 0 aliphatic carbocycles. The molecule has 1 atom stereocenters. The van der Waals surface area contributed by atoms with Gasteiger partial charge in [-0.25, -0.2) is 0 Å². The fourth-order valence-electron chi connectivity index (χ4n) is 0.333. The average Bonchev–Trinajstić information content (AvgIpc) is 1.86. The van der Waals surface area contributed by atoms with Crippen LogP contribution in [0.1, 0.15) is 0 Å². The third-order valence-corrected chi connectivity index (χ3v) is 1.44. The summed E-state index contributed by atoms with van der Waals surface area (Å²) in [5, 5.41) is 0.491. The topological polar surface area (TPSA) is 12.4 Å². The molecule has 0 amide bonds. The molecule has 0 saturated carbocycles. The Balaban J connectivity index is 2.32. The first-order chi connectivity index (χ1) is 2.89. The highest BCUT2D eigenvalue weighted by atomic mass is 32.2. The minimum atomic E-state index is 0.491. The van der Waals surface area contributed by atoms with Crippen LogP contribution in [-0.4, -0.2) is 17.3 Å². The summed E-state index contributed by atoms with van der Waals surface area (Å²) >= 11 is 1.69. The summed E-state index contributed by atoms with van der Waals surface area (Å²) in [6, 6.07) is 0. The van der Waals surface area contributed by atoms with Crippen molar-refractivity contribution < 1.29 is 0 Å². The lowest BCUT2D eigenvalue weighted by Gasteiger charge is -1.89. The number of rotatable bonds is 0. The number of hydrogen-bond donors (Lipinski definition) is 0. The van der Waals surface area contributed by atoms with Gasteiger partial charge in [-0.05, 0) is 6.92 Å². The first-order valence-electron chi connectivity index (χ1n) is 1.86. The van der Waals surface area contributed by atoms with E-state index in [0.717, 1.165) is 6.54 Å². The van der Waals surface area contributed by atoms with Crippen LogP contribution in [-0.2, 0) is 0 Å². The van der Waals surface area contributed by atoms with Crippen molar-refractivity contribution in [1.82, 2.24) is 0 Å². The SMILES string of the molecule is [CH2]C1CN=CS1. The molecule has 1 nitrogen and oxygen atoms in total. The molecule has 0 bridgehead atoms. The van der Waals surface area contributed by atoms with Gasteiger partial charge in [-0.15, -0.1) is 11.8 Å². The molecule has 0 spiro atoms. The van der Waals surface area contributed by atoms with Gasteiger partial charge in [0.1, 0.15) is 0 Å². The monoisotopic (exact) mass is 100 g/mol. The fourth-order valence-corrected chi connectivity index (χ4v) is 0.849. The number of nitrogens with zero attached hydrogens (tertiary/aromatic N) is 1. The molecule has 0 fully saturated rings. The standard InChI is InChI=1S/C4H6NS/c1-4-2-5-3-6-4/h3-4H,1-2H2. The second-order valence-corrected chi connectivity index (χ2v) is 2.38. The zero-order valence-corrected chi connectivity index (χ0v) is 4.24. The van der Waals surface area contributed by atoms with E-state index in [0.29, 0.717) is 5.25 Å². The normalized spacial score (nSPS) is 31.8. The van der Waals surface area contributed by atoms with Gasteiger partial charge in [0, 0.05) is 5.25 Å². The Morgan fingerprint density at radius 2 is 2.83 bits per heavy atom. The average molecular weight is 100 g/mol. The highest BCUT2D eigenvalue weighted by molar-refractivity contribution is 8.13. The Kier molecular flexibility index (Phi) is 1.15. The Morgan fingerprint density at radius 3 is 3.00 bits per heavy atom. The van der Waals surface area contributed by atoms with Crippen LogP contribution in [0.25, 0.3) is 0 Å². The zero-order valence-electron chi connectivity index (χ0n) is 3.42. The van der Waals surface area contributed by atoms with Crippen molar-refractivity contribution in [3.63, 3.8) is 0 Å². The molecular formula is C4H6NS. The first kappa shape index (κ1) is 4.19. The van der Waals surface area contributed by atoms with Gasteiger partial charge in [-0.2, -0.15) is 0 Å². The summed E-state index contributed by atoms with van der Waals surface area (Å²) in [5.41, 5.74) is 1.86. The van der Waals surface area contributed by atoms with Crippen molar-refractivity contribution >= 4 is 17.3 Å². The molecule has 1 aliphatic rings. The van der Waals surface area contributed by atoms with Gasteiger partial charge >= 0.3 is 0 Å². The maximum Gasteiger partial charge on any atom is 0.0544 e. The number of thioether (sulfide) groups is 1. The summed E-state index contributed by atoms with van der Waals surface area (Å²) in [6.07, 6.45) is 0. The molecule has 1 aliphatic heterocycles. The lowest BCUT2D eigenvalue weighted by atomic mass is 10.5. The molecule has 0 saturated heterocycles. The molecule has 1 heterocycles. The van der Waals surface area contributed by atoms with Gasteiger partial charge in [0.2, 0.25) is 0 Å². The lowest BCUT2D eigenvalue weighted by molar-refractivity contribution is 1.05. The minimum absolute atomic E-state index is 0.491. The minimum Gasteiger partial charge on any atom is -0.285 e. The molecular weight excluding hydrogens is 94.1 g/mol. The zero-order chi connectivity index (χ0) is 4.41. The quantitative estimate of drug-likeness (QED) is 0.441. The van der Waals surface area contributed by atoms with Gasteiger partial charge < -0.3 is 0 Å². The summed E-state index contributed by atoms with van der Waals surface area (Å²) in [7, 11) is 0. The van der Waals surface area contributed by atoms with Crippen LogP contribution < -0.4 is 0 Å². The second kappa shape index (κ2) is 1.65. The van der Waals surface area contributed by atoms with E-state index in [2.05, 4.69) is 11.9 Å². The van der Waals surface area contributed by atoms with E-state index in [1.165, 1.54) is 0 Å². The van der Waals surface area contributed by atoms with Crippen molar-refractivity contribution in [3.8, 4) is 0 Å². The molecule has 0 N–H and O–H groups in total. The van der Waals surface area contributed by atoms with Gasteiger partial charge in [0.25, 0.3) is 0 Å². The summed E-state index contributed by atoms with van der Waals surface area (Å²) in [6.45, 7) is 4.68. The summed E-state index contributed by atoms with van der Waals surface area (Å²) < 4.78 is 0. The molecule has 1 unspecified atom stereocenters. The summed E-state index contributed by atoms with van der Waals surface area (Å²) in [4.78, 5) is 3.94. The third kappa shape index (κ3) is 0.744. The molecule has 1 radical (unpaired) electrons. The summed E-state index contributed by atoms with van der Waals surface area (Å²) in [5.74, 6) is 0. The highest BCUT2D eigenvalue weighted by Crippen LogP contribution is 2.11. The first-order valence-corrected chi connectivity index (χ1v) is 2.81. The predicted molar refractivity (Wildman–Crippen MR) is 30.1 cm³/mol. The van der Waals surface area contributed by atoms with Crippen LogP contribution in [0.3, 0.4) is 0 Å². The van der Waals surface area contributed by atoms with Crippen molar-refractivity contribution in [2.24, 2.45) is 4.99 Å². The molecule has 0 aromatic heterocycles. The molecule has 33 valence electrons. The molecule has 2 heteroatoms. The number of aliphatic imine (C=N–C) groups is 1. The maximum absolute atomic E-state index is 3.94. The van der Waals surface area contributed by atoms with E-state index in [4.69, 9.17) is 0 Å². The number of hydrogen-bond acceptors (Lipinski definition) is 2. The van der Waals surface area contributed by atoms with Crippen molar-refractivity contribution in [1.29, 1.82) is 0 Å². The van der Waals surface area contributed by atoms with E-state index in [1.807, 2.05) is 5.55 Å². The van der Waals surface area contributed by atoms with Crippen LogP contribution in [0.15, 0.2) is 4.99 Å². The lowest BCUT2D eigenvalue weighted by Crippen LogP contribution is -1.92. The largest absolute Gasteiger partial charge is 0.285 e. The van der Waals surface area contributed by atoms with Crippen LogP contribution in [0, 0.1) is 6.92 Å². The van der Waals surface area contributed by atoms with Gasteiger partial charge in [-0.1, -0.05) is 0 Å². The van der Waals surface area contributed by atoms with Crippen LogP contribution in [0.5, 0.6) is 0 Å². The van der Waals surface area contributed by atoms with Crippen LogP contribution in [0.4, 0.5) is 0 Å². The van der Waals surface area contributed by atoms with E-state index >= 15 is 0 Å².